The molecule has 9 nitrogen and oxygen atoms in total. The number of aromatic nitrogens is 2. The average Bonchev–Trinajstić information content (AvgIpc) is 3.20. The van der Waals surface area contributed by atoms with Crippen LogP contribution in [0.15, 0.2) is 59.6 Å². The van der Waals surface area contributed by atoms with Gasteiger partial charge >= 0.3 is 0 Å². The first-order valence-corrected chi connectivity index (χ1v) is 13.9. The van der Waals surface area contributed by atoms with Crippen LogP contribution in [0.4, 0.5) is 11.6 Å². The highest BCUT2D eigenvalue weighted by atomic mass is 32.2. The Balaban J connectivity index is 1.68. The van der Waals surface area contributed by atoms with Gasteiger partial charge in [0, 0.05) is 17.6 Å². The van der Waals surface area contributed by atoms with E-state index in [1.54, 1.807) is 12.1 Å². The van der Waals surface area contributed by atoms with Crippen molar-refractivity contribution in [2.45, 2.75) is 57.6 Å². The van der Waals surface area contributed by atoms with Crippen LogP contribution in [0, 0.1) is 5.92 Å². The first kappa shape index (κ1) is 26.4. The molecule has 3 heterocycles. The number of rotatable bonds is 8. The van der Waals surface area contributed by atoms with Crippen LogP contribution in [0.1, 0.15) is 50.9 Å². The van der Waals surface area contributed by atoms with Crippen LogP contribution in [0.25, 0.3) is 11.3 Å². The van der Waals surface area contributed by atoms with Crippen molar-refractivity contribution < 1.29 is 17.9 Å². The van der Waals surface area contributed by atoms with E-state index in [1.165, 1.54) is 18.2 Å². The molecule has 1 aromatic carbocycles. The third kappa shape index (κ3) is 6.02. The molecule has 37 heavy (non-hydrogen) atoms. The van der Waals surface area contributed by atoms with Gasteiger partial charge in [0.25, 0.3) is 15.9 Å². The second-order valence-corrected chi connectivity index (χ2v) is 11.4. The molecule has 196 valence electrons. The molecule has 1 fully saturated rings. The number of nitrogens with zero attached hydrogens (tertiary/aromatic N) is 3. The highest BCUT2D eigenvalue weighted by molar-refractivity contribution is 7.90. The Bertz CT molecular complexity index is 1370. The number of carbonyl (C=O) groups is 1. The number of sulfonamides is 1. The SMILES string of the molecule is CC(C)COc1ccc(-c2ccc(C(=O)NS(=O)(=O)c3cccc(N)n3)c(N3[C@H](C)CC[C@@H]3C)n2)cc1. The minimum atomic E-state index is -4.23. The number of ether oxygens (including phenoxy) is 1. The quantitative estimate of drug-likeness (QED) is 0.448. The lowest BCUT2D eigenvalue weighted by atomic mass is 10.1. The van der Waals surface area contributed by atoms with Crippen molar-refractivity contribution in [1.29, 1.82) is 0 Å². The molecule has 0 spiro atoms. The third-order valence-electron chi connectivity index (χ3n) is 6.30. The second kappa shape index (κ2) is 10.8. The monoisotopic (exact) mass is 523 g/mol. The van der Waals surface area contributed by atoms with Crippen LogP contribution in [-0.4, -0.2) is 43.0 Å². The first-order valence-electron chi connectivity index (χ1n) is 12.4. The number of anilines is 2. The highest BCUT2D eigenvalue weighted by Crippen LogP contribution is 2.34. The van der Waals surface area contributed by atoms with Gasteiger partial charge in [0.05, 0.1) is 17.9 Å². The first-order chi connectivity index (χ1) is 17.5. The van der Waals surface area contributed by atoms with Crippen molar-refractivity contribution in [3.63, 3.8) is 0 Å². The molecule has 3 aromatic rings. The van der Waals surface area contributed by atoms with Crippen molar-refractivity contribution in [1.82, 2.24) is 14.7 Å². The van der Waals surface area contributed by atoms with Gasteiger partial charge in [0.15, 0.2) is 5.03 Å². The van der Waals surface area contributed by atoms with E-state index in [1.807, 2.05) is 24.3 Å². The van der Waals surface area contributed by atoms with Crippen molar-refractivity contribution in [3.8, 4) is 17.0 Å². The van der Waals surface area contributed by atoms with Crippen LogP contribution < -0.4 is 20.1 Å². The van der Waals surface area contributed by atoms with Crippen molar-refractivity contribution in [2.24, 2.45) is 5.92 Å². The van der Waals surface area contributed by atoms with E-state index in [9.17, 15) is 13.2 Å². The molecule has 0 radical (unpaired) electrons. The van der Waals surface area contributed by atoms with E-state index in [2.05, 4.69) is 42.3 Å². The summed E-state index contributed by atoms with van der Waals surface area (Å²) in [4.78, 5) is 24.1. The zero-order valence-corrected chi connectivity index (χ0v) is 22.3. The topological polar surface area (TPSA) is 128 Å². The lowest BCUT2D eigenvalue weighted by Crippen LogP contribution is -2.37. The summed E-state index contributed by atoms with van der Waals surface area (Å²) in [6.07, 6.45) is 1.89. The summed E-state index contributed by atoms with van der Waals surface area (Å²) in [5, 5.41) is -0.324. The number of hydrogen-bond acceptors (Lipinski definition) is 8. The molecule has 0 aliphatic carbocycles. The summed E-state index contributed by atoms with van der Waals surface area (Å²) in [5.74, 6) is 0.912. The molecule has 1 amide bonds. The minimum Gasteiger partial charge on any atom is -0.493 e. The van der Waals surface area contributed by atoms with Gasteiger partial charge in [-0.15, -0.1) is 0 Å². The second-order valence-electron chi connectivity index (χ2n) is 9.81. The highest BCUT2D eigenvalue weighted by Gasteiger charge is 2.33. The number of benzene rings is 1. The molecule has 3 N–H and O–H groups in total. The number of nitrogens with two attached hydrogens (primary N) is 1. The van der Waals surface area contributed by atoms with Gasteiger partial charge in [-0.05, 0) is 81.1 Å². The molecule has 0 bridgehead atoms. The van der Waals surface area contributed by atoms with E-state index in [0.29, 0.717) is 24.0 Å². The van der Waals surface area contributed by atoms with Crippen LogP contribution in [-0.2, 0) is 10.0 Å². The lowest BCUT2D eigenvalue weighted by molar-refractivity contribution is 0.0981. The lowest BCUT2D eigenvalue weighted by Gasteiger charge is -2.29. The average molecular weight is 524 g/mol. The normalized spacial score (nSPS) is 17.7. The predicted octanol–water partition coefficient (Wildman–Crippen LogP) is 4.26. The summed E-state index contributed by atoms with van der Waals surface area (Å²) in [7, 11) is -4.23. The van der Waals surface area contributed by atoms with Crippen LogP contribution >= 0.6 is 0 Å². The van der Waals surface area contributed by atoms with Crippen LogP contribution in [0.2, 0.25) is 0 Å². The molecule has 0 unspecified atom stereocenters. The maximum absolute atomic E-state index is 13.3. The van der Waals surface area contributed by atoms with Crippen LogP contribution in [0.3, 0.4) is 0 Å². The van der Waals surface area contributed by atoms with Gasteiger partial charge in [0.1, 0.15) is 17.4 Å². The fourth-order valence-electron chi connectivity index (χ4n) is 4.39. The van der Waals surface area contributed by atoms with E-state index in [-0.39, 0.29) is 28.5 Å². The Hall–Kier alpha value is -3.66. The molecule has 1 aliphatic rings. The smallest absolute Gasteiger partial charge is 0.281 e. The summed E-state index contributed by atoms with van der Waals surface area (Å²) in [6, 6.07) is 15.5. The number of nitrogens with one attached hydrogen (secondary N) is 1. The number of amides is 1. The molecular formula is C27H33N5O4S. The fraction of sp³-hybridized carbons (Fsp3) is 0.370. The third-order valence-corrected chi connectivity index (χ3v) is 7.53. The maximum atomic E-state index is 13.3. The molecular weight excluding hydrogens is 490 g/mol. The minimum absolute atomic E-state index is 0.0439. The summed E-state index contributed by atoms with van der Waals surface area (Å²) >= 11 is 0. The standard InChI is InChI=1S/C27H33N5O4S/c1-17(2)16-36-21-12-10-20(11-13-21)23-15-14-22(26(29-23)32-18(3)8-9-19(32)4)27(33)31-37(34,35)25-7-5-6-24(28)30-25/h5-7,10-15,17-19H,8-9,16H2,1-4H3,(H2,28,30)(H,31,33)/t18-,19+. The van der Waals surface area contributed by atoms with Gasteiger partial charge in [-0.1, -0.05) is 19.9 Å². The van der Waals surface area contributed by atoms with Gasteiger partial charge in [0.2, 0.25) is 0 Å². The molecule has 4 rings (SSSR count). The zero-order chi connectivity index (χ0) is 26.7. The van der Waals surface area contributed by atoms with E-state index in [4.69, 9.17) is 15.5 Å². The Morgan fingerprint density at radius 1 is 1.05 bits per heavy atom. The molecule has 2 aromatic heterocycles. The largest absolute Gasteiger partial charge is 0.493 e. The van der Waals surface area contributed by atoms with Crippen molar-refractivity contribution >= 4 is 27.6 Å². The van der Waals surface area contributed by atoms with Gasteiger partial charge < -0.3 is 15.4 Å². The number of hydrogen-bond donors (Lipinski definition) is 2. The number of pyridine rings is 2. The molecule has 0 saturated carbocycles. The van der Waals surface area contributed by atoms with Gasteiger partial charge in [-0.3, -0.25) is 4.79 Å². The predicted molar refractivity (Wildman–Crippen MR) is 144 cm³/mol. The summed E-state index contributed by atoms with van der Waals surface area (Å²) in [6.45, 7) is 8.97. The Kier molecular flexibility index (Phi) is 7.68. The molecule has 1 aliphatic heterocycles. The van der Waals surface area contributed by atoms with E-state index >= 15 is 0 Å². The maximum Gasteiger partial charge on any atom is 0.281 e. The molecule has 2 atom stereocenters. The van der Waals surface area contributed by atoms with Crippen molar-refractivity contribution in [2.75, 3.05) is 17.2 Å². The van der Waals surface area contributed by atoms with Gasteiger partial charge in [-0.25, -0.2) is 14.7 Å². The van der Waals surface area contributed by atoms with E-state index in [0.717, 1.165) is 24.2 Å². The van der Waals surface area contributed by atoms with Gasteiger partial charge in [-0.2, -0.15) is 8.42 Å². The number of carbonyl (C=O) groups excluding carboxylic acids is 1. The summed E-state index contributed by atoms with van der Waals surface area (Å²) in [5.41, 5.74) is 7.34. The Labute approximate surface area is 218 Å². The van der Waals surface area contributed by atoms with E-state index < -0.39 is 15.9 Å². The van der Waals surface area contributed by atoms with Crippen molar-refractivity contribution in [3.05, 3.63) is 60.2 Å². The Morgan fingerprint density at radius 2 is 1.73 bits per heavy atom. The number of nitrogen functional groups attached to an aromatic ring is 1. The zero-order valence-electron chi connectivity index (χ0n) is 21.5. The molecule has 10 heteroatoms. The summed E-state index contributed by atoms with van der Waals surface area (Å²) < 4.78 is 33.6. The van der Waals surface area contributed by atoms with Crippen LogP contribution in [0.5, 0.6) is 5.75 Å². The molecule has 1 saturated heterocycles. The Morgan fingerprint density at radius 3 is 2.35 bits per heavy atom. The fourth-order valence-corrected chi connectivity index (χ4v) is 5.33.